The molecule has 23 heavy (non-hydrogen) atoms. The molecule has 0 amide bonds. The summed E-state index contributed by atoms with van der Waals surface area (Å²) in [6.45, 7) is 6.46. The second-order valence-corrected chi connectivity index (χ2v) is 6.33. The third-order valence-corrected chi connectivity index (χ3v) is 4.40. The molecule has 2 heterocycles. The Hall–Kier alpha value is -1.24. The van der Waals surface area contributed by atoms with Crippen LogP contribution < -0.4 is 16.4 Å². The van der Waals surface area contributed by atoms with Crippen molar-refractivity contribution >= 4 is 35.0 Å². The number of aromatic nitrogens is 1. The van der Waals surface area contributed by atoms with E-state index in [1.807, 2.05) is 0 Å². The maximum Gasteiger partial charge on any atom is 0.188 e. The summed E-state index contributed by atoms with van der Waals surface area (Å²) < 4.78 is 0. The van der Waals surface area contributed by atoms with Crippen molar-refractivity contribution in [2.45, 2.75) is 25.8 Å². The number of nitrogens with two attached hydrogens (primary N) is 1. The van der Waals surface area contributed by atoms with Gasteiger partial charge in [-0.15, -0.1) is 0 Å². The summed E-state index contributed by atoms with van der Waals surface area (Å²) in [5.74, 6) is 1.09. The molecule has 1 aliphatic heterocycles. The minimum absolute atomic E-state index is 0.477. The number of hydrogen-bond donors (Lipinski definition) is 3. The zero-order chi connectivity index (χ0) is 16.7. The molecule has 4 N–H and O–H groups in total. The summed E-state index contributed by atoms with van der Waals surface area (Å²) in [6.07, 6.45) is 4.01. The first-order chi connectivity index (χ1) is 11.1. The summed E-state index contributed by atoms with van der Waals surface area (Å²) in [5.41, 5.74) is 5.90. The highest BCUT2D eigenvalue weighted by Gasteiger charge is 2.22. The fourth-order valence-corrected chi connectivity index (χ4v) is 3.14. The van der Waals surface area contributed by atoms with Gasteiger partial charge in [-0.05, 0) is 32.0 Å². The number of anilines is 1. The van der Waals surface area contributed by atoms with E-state index in [1.165, 1.54) is 19.4 Å². The van der Waals surface area contributed by atoms with Crippen LogP contribution in [0, 0.1) is 0 Å². The summed E-state index contributed by atoms with van der Waals surface area (Å²) in [6, 6.07) is 2.18. The first-order valence-corrected chi connectivity index (χ1v) is 8.68. The molecule has 0 aliphatic carbocycles. The lowest BCUT2D eigenvalue weighted by Gasteiger charge is -2.21. The Labute approximate surface area is 147 Å². The van der Waals surface area contributed by atoms with E-state index in [4.69, 9.17) is 28.9 Å². The van der Waals surface area contributed by atoms with E-state index >= 15 is 0 Å². The Morgan fingerprint density at radius 3 is 3.04 bits per heavy atom. The van der Waals surface area contributed by atoms with Crippen molar-refractivity contribution in [2.75, 3.05) is 38.0 Å². The third-order valence-electron chi connectivity index (χ3n) is 3.91. The van der Waals surface area contributed by atoms with Crippen molar-refractivity contribution in [3.63, 3.8) is 0 Å². The van der Waals surface area contributed by atoms with Gasteiger partial charge in [0.2, 0.25) is 0 Å². The van der Waals surface area contributed by atoms with E-state index < -0.39 is 0 Å². The molecule has 1 aromatic heterocycles. The molecule has 8 heteroatoms. The highest BCUT2D eigenvalue weighted by atomic mass is 35.5. The molecule has 1 saturated heterocycles. The monoisotopic (exact) mass is 358 g/mol. The maximum absolute atomic E-state index is 6.04. The summed E-state index contributed by atoms with van der Waals surface area (Å²) in [5, 5.41) is 7.23. The second kappa shape index (κ2) is 9.15. The Balaban J connectivity index is 1.68. The first kappa shape index (κ1) is 18.1. The highest BCUT2D eigenvalue weighted by Crippen LogP contribution is 2.22. The maximum atomic E-state index is 6.04. The number of aliphatic imine (C=N–C) groups is 1. The Morgan fingerprint density at radius 2 is 2.30 bits per heavy atom. The number of pyridine rings is 1. The fraction of sp³-hybridized carbons (Fsp3) is 0.600. The van der Waals surface area contributed by atoms with Gasteiger partial charge in [0, 0.05) is 25.3 Å². The van der Waals surface area contributed by atoms with Crippen molar-refractivity contribution in [3.8, 4) is 0 Å². The number of likely N-dealkylation sites (tertiary alicyclic amines) is 1. The van der Waals surface area contributed by atoms with Gasteiger partial charge in [0.05, 0.1) is 16.6 Å². The van der Waals surface area contributed by atoms with Gasteiger partial charge in [-0.1, -0.05) is 30.1 Å². The third kappa shape index (κ3) is 5.71. The number of halogens is 2. The van der Waals surface area contributed by atoms with Crippen molar-refractivity contribution in [1.82, 2.24) is 15.2 Å². The van der Waals surface area contributed by atoms with E-state index in [2.05, 4.69) is 32.4 Å². The van der Waals surface area contributed by atoms with Crippen LogP contribution in [0.25, 0.3) is 0 Å². The number of likely N-dealkylation sites (N-methyl/N-ethyl adjacent to an activating group) is 1. The average Bonchev–Trinajstić information content (AvgIpc) is 2.98. The van der Waals surface area contributed by atoms with Crippen LogP contribution in [0.5, 0.6) is 0 Å². The van der Waals surface area contributed by atoms with Gasteiger partial charge in [0.25, 0.3) is 0 Å². The molecular weight excluding hydrogens is 335 g/mol. The molecule has 1 aliphatic rings. The zero-order valence-corrected chi connectivity index (χ0v) is 14.9. The highest BCUT2D eigenvalue weighted by molar-refractivity contribution is 6.35. The van der Waals surface area contributed by atoms with Gasteiger partial charge in [-0.25, -0.2) is 4.98 Å². The molecule has 1 fully saturated rings. The standard InChI is InChI=1S/C15H24Cl2N6/c1-2-23-7-3-4-12(23)10-22-15(18)20-6-5-19-14-13(17)8-11(16)9-21-14/h8-9,12H,2-7,10H2,1H3,(H,19,21)(H3,18,20,22). The van der Waals surface area contributed by atoms with Crippen LogP contribution in [0.2, 0.25) is 10.0 Å². The number of nitrogens with zero attached hydrogens (tertiary/aromatic N) is 3. The normalized spacial score (nSPS) is 19.1. The van der Waals surface area contributed by atoms with Gasteiger partial charge < -0.3 is 16.4 Å². The van der Waals surface area contributed by atoms with Crippen LogP contribution in [-0.4, -0.2) is 54.6 Å². The number of guanidine groups is 1. The van der Waals surface area contributed by atoms with E-state index in [9.17, 15) is 0 Å². The molecule has 0 spiro atoms. The predicted molar refractivity (Wildman–Crippen MR) is 97.5 cm³/mol. The minimum Gasteiger partial charge on any atom is -0.370 e. The topological polar surface area (TPSA) is 78.6 Å². The molecular formula is C15H24Cl2N6. The number of hydrogen-bond acceptors (Lipinski definition) is 4. The minimum atomic E-state index is 0.477. The first-order valence-electron chi connectivity index (χ1n) is 7.93. The largest absolute Gasteiger partial charge is 0.370 e. The Morgan fingerprint density at radius 1 is 1.48 bits per heavy atom. The Kier molecular flexibility index (Phi) is 7.20. The molecule has 0 radical (unpaired) electrons. The quantitative estimate of drug-likeness (QED) is 0.395. The van der Waals surface area contributed by atoms with Crippen molar-refractivity contribution < 1.29 is 0 Å². The Bertz CT molecular complexity index is 537. The van der Waals surface area contributed by atoms with Crippen LogP contribution in [0.4, 0.5) is 5.82 Å². The molecule has 1 unspecified atom stereocenters. The molecule has 1 aromatic rings. The SMILES string of the molecule is CCN1CCCC1CN=C(N)NCCNc1ncc(Cl)cc1Cl. The fourth-order valence-electron chi connectivity index (χ4n) is 2.69. The molecule has 2 rings (SSSR count). The van der Waals surface area contributed by atoms with Gasteiger partial charge in [-0.3, -0.25) is 9.89 Å². The lowest BCUT2D eigenvalue weighted by atomic mass is 10.2. The van der Waals surface area contributed by atoms with E-state index in [-0.39, 0.29) is 0 Å². The molecule has 6 nitrogen and oxygen atoms in total. The van der Waals surface area contributed by atoms with Crippen LogP contribution in [-0.2, 0) is 0 Å². The van der Waals surface area contributed by atoms with E-state index in [0.29, 0.717) is 41.0 Å². The van der Waals surface area contributed by atoms with Gasteiger partial charge >= 0.3 is 0 Å². The van der Waals surface area contributed by atoms with Gasteiger partial charge in [-0.2, -0.15) is 0 Å². The van der Waals surface area contributed by atoms with Crippen molar-refractivity contribution in [3.05, 3.63) is 22.3 Å². The van der Waals surface area contributed by atoms with Crippen LogP contribution in [0.1, 0.15) is 19.8 Å². The molecule has 0 bridgehead atoms. The molecule has 0 aromatic carbocycles. The van der Waals surface area contributed by atoms with Crippen LogP contribution >= 0.6 is 23.2 Å². The number of nitrogens with one attached hydrogen (secondary N) is 2. The number of rotatable bonds is 7. The molecule has 1 atom stereocenters. The lowest BCUT2D eigenvalue weighted by Crippen LogP contribution is -2.37. The van der Waals surface area contributed by atoms with E-state index in [1.54, 1.807) is 12.3 Å². The second-order valence-electron chi connectivity index (χ2n) is 5.49. The van der Waals surface area contributed by atoms with Gasteiger partial charge in [0.15, 0.2) is 5.96 Å². The molecule has 128 valence electrons. The average molecular weight is 359 g/mol. The molecule has 0 saturated carbocycles. The summed E-state index contributed by atoms with van der Waals surface area (Å²) >= 11 is 11.8. The van der Waals surface area contributed by atoms with Crippen molar-refractivity contribution in [1.29, 1.82) is 0 Å². The lowest BCUT2D eigenvalue weighted by molar-refractivity contribution is 0.273. The van der Waals surface area contributed by atoms with Crippen LogP contribution in [0.15, 0.2) is 17.3 Å². The van der Waals surface area contributed by atoms with E-state index in [0.717, 1.165) is 13.1 Å². The summed E-state index contributed by atoms with van der Waals surface area (Å²) in [4.78, 5) is 11.0. The predicted octanol–water partition coefficient (Wildman–Crippen LogP) is 2.19. The zero-order valence-electron chi connectivity index (χ0n) is 13.4. The smallest absolute Gasteiger partial charge is 0.188 e. The van der Waals surface area contributed by atoms with Crippen LogP contribution in [0.3, 0.4) is 0 Å². The van der Waals surface area contributed by atoms with Gasteiger partial charge in [0.1, 0.15) is 5.82 Å². The van der Waals surface area contributed by atoms with Crippen molar-refractivity contribution in [2.24, 2.45) is 10.7 Å². The summed E-state index contributed by atoms with van der Waals surface area (Å²) in [7, 11) is 0.